The van der Waals surface area contributed by atoms with Gasteiger partial charge in [-0.05, 0) is 187 Å². The van der Waals surface area contributed by atoms with Crippen LogP contribution in [-0.2, 0) is 0 Å². The third-order valence-corrected chi connectivity index (χ3v) is 17.3. The summed E-state index contributed by atoms with van der Waals surface area (Å²) in [7, 11) is 0. The molecule has 0 amide bonds. The van der Waals surface area contributed by atoms with Crippen molar-refractivity contribution in [3.63, 3.8) is 0 Å². The predicted octanol–water partition coefficient (Wildman–Crippen LogP) is 23.0. The molecule has 16 rings (SSSR count). The first kappa shape index (κ1) is 51.1. The Morgan fingerprint density at radius 3 is 0.678 bits per heavy atom. The molecule has 0 N–H and O–H groups in total. The van der Waals surface area contributed by atoms with E-state index < -0.39 is 0 Å². The van der Waals surface area contributed by atoms with Crippen LogP contribution in [0.3, 0.4) is 0 Å². The number of aromatic nitrogens is 2. The Morgan fingerprint density at radius 1 is 0.161 bits per heavy atom. The molecule has 408 valence electrons. The Kier molecular flexibility index (Phi) is 12.9. The molecule has 3 heteroatoms. The summed E-state index contributed by atoms with van der Waals surface area (Å²) in [5.74, 6) is 0. The van der Waals surface area contributed by atoms with E-state index in [1.165, 1.54) is 93.7 Å². The molecule has 87 heavy (non-hydrogen) atoms. The fourth-order valence-electron chi connectivity index (χ4n) is 13.1. The van der Waals surface area contributed by atoms with Crippen molar-refractivity contribution >= 4 is 60.7 Å². The lowest BCUT2D eigenvalue weighted by Gasteiger charge is -2.26. The molecule has 14 aromatic carbocycles. The van der Waals surface area contributed by atoms with Crippen LogP contribution in [0.2, 0.25) is 0 Å². The topological polar surface area (TPSA) is 13.1 Å². The summed E-state index contributed by atoms with van der Waals surface area (Å²) in [6.45, 7) is 0. The number of nitrogens with zero attached hydrogens (tertiary/aromatic N) is 3. The zero-order valence-electron chi connectivity index (χ0n) is 47.8. The minimum atomic E-state index is 1.07. The van der Waals surface area contributed by atoms with Crippen molar-refractivity contribution in [2.75, 3.05) is 4.90 Å². The normalized spacial score (nSPS) is 11.4. The fourth-order valence-corrected chi connectivity index (χ4v) is 13.1. The molecular formula is C84H57N3. The summed E-state index contributed by atoms with van der Waals surface area (Å²) in [4.78, 5) is 2.37. The molecule has 0 atom stereocenters. The summed E-state index contributed by atoms with van der Waals surface area (Å²) in [5, 5.41) is 5.04. The van der Waals surface area contributed by atoms with Gasteiger partial charge >= 0.3 is 0 Å². The van der Waals surface area contributed by atoms with E-state index in [0.717, 1.165) is 56.3 Å². The molecule has 0 bridgehead atoms. The van der Waals surface area contributed by atoms with Gasteiger partial charge in [0.15, 0.2) is 0 Å². The highest BCUT2D eigenvalue weighted by atomic mass is 15.1. The summed E-state index contributed by atoms with van der Waals surface area (Å²) in [5.41, 5.74) is 26.8. The molecule has 0 saturated heterocycles. The van der Waals surface area contributed by atoms with Crippen LogP contribution in [0.5, 0.6) is 0 Å². The maximum atomic E-state index is 2.39. The lowest BCUT2D eigenvalue weighted by Crippen LogP contribution is -2.09. The maximum Gasteiger partial charge on any atom is 0.0541 e. The molecule has 0 aliphatic heterocycles. The highest BCUT2D eigenvalue weighted by Crippen LogP contribution is 2.41. The van der Waals surface area contributed by atoms with Crippen LogP contribution in [0.1, 0.15) is 0 Å². The van der Waals surface area contributed by atoms with E-state index >= 15 is 0 Å². The molecule has 0 saturated carbocycles. The summed E-state index contributed by atoms with van der Waals surface area (Å²) in [6, 6.07) is 126. The monoisotopic (exact) mass is 1110 g/mol. The molecule has 0 spiro atoms. The van der Waals surface area contributed by atoms with Gasteiger partial charge in [0.2, 0.25) is 0 Å². The Morgan fingerprint density at radius 2 is 0.379 bits per heavy atom. The SMILES string of the molecule is c1ccc(-c2cccc(-c3cccc(-c4ccc(N(c5ccc(-c6cccc(-c7cccc(-n8c9ccccc9c9ccccc98)c7)c6)cc5)c5ccc(-c6cccc(-c7cccc(-n8c9ccccc9c9ccccc98)c7)c6)cc5)cc4)c3)c2)cc1. The molecule has 2 heterocycles. The highest BCUT2D eigenvalue weighted by molar-refractivity contribution is 6.10. The summed E-state index contributed by atoms with van der Waals surface area (Å²) in [6.07, 6.45) is 0. The largest absolute Gasteiger partial charge is 0.311 e. The van der Waals surface area contributed by atoms with Crippen molar-refractivity contribution in [2.24, 2.45) is 0 Å². The van der Waals surface area contributed by atoms with Crippen molar-refractivity contribution in [3.05, 3.63) is 346 Å². The van der Waals surface area contributed by atoms with Crippen LogP contribution >= 0.6 is 0 Å². The zero-order chi connectivity index (χ0) is 57.6. The molecule has 0 unspecified atom stereocenters. The zero-order valence-corrected chi connectivity index (χ0v) is 47.8. The van der Waals surface area contributed by atoms with E-state index in [9.17, 15) is 0 Å². The van der Waals surface area contributed by atoms with E-state index in [1.807, 2.05) is 0 Å². The summed E-state index contributed by atoms with van der Waals surface area (Å²) < 4.78 is 4.78. The maximum absolute atomic E-state index is 2.39. The van der Waals surface area contributed by atoms with Gasteiger partial charge in [0.05, 0.1) is 22.1 Å². The average molecular weight is 1110 g/mol. The standard InChI is InChI=1S/C84H57N3/c1-2-18-58(19-3-1)62-20-12-24-66(52-62)67-25-13-21-63(53-67)59-40-46-72(47-41-59)85(73-48-42-60(43-49-73)64-22-14-26-68(54-64)70-28-16-30-75(56-70)86-81-36-8-4-32-77(81)78-33-5-9-37-82(78)86)74-50-44-61(45-51-74)65-23-15-27-69(55-65)71-29-17-31-76(57-71)87-83-38-10-6-34-79(83)80-35-7-11-39-84(80)87/h1-57H. The Bertz CT molecular complexity index is 4850. The van der Waals surface area contributed by atoms with Gasteiger partial charge in [-0.15, -0.1) is 0 Å². The fraction of sp³-hybridized carbons (Fsp3) is 0. The Balaban J connectivity index is 0.724. The van der Waals surface area contributed by atoms with E-state index in [-0.39, 0.29) is 0 Å². The van der Waals surface area contributed by atoms with Crippen molar-refractivity contribution < 1.29 is 0 Å². The third-order valence-electron chi connectivity index (χ3n) is 17.3. The van der Waals surface area contributed by atoms with Gasteiger partial charge < -0.3 is 14.0 Å². The van der Waals surface area contributed by atoms with Crippen LogP contribution in [0.4, 0.5) is 17.1 Å². The average Bonchev–Trinajstić information content (AvgIpc) is 1.88. The summed E-state index contributed by atoms with van der Waals surface area (Å²) >= 11 is 0. The smallest absolute Gasteiger partial charge is 0.0541 e. The van der Waals surface area contributed by atoms with Crippen molar-refractivity contribution in [1.82, 2.24) is 9.13 Å². The molecule has 0 aliphatic rings. The van der Waals surface area contributed by atoms with Gasteiger partial charge in [-0.1, -0.05) is 237 Å². The minimum absolute atomic E-state index is 1.07. The number of para-hydroxylation sites is 4. The van der Waals surface area contributed by atoms with Gasteiger partial charge in [-0.2, -0.15) is 0 Å². The highest BCUT2D eigenvalue weighted by Gasteiger charge is 2.18. The van der Waals surface area contributed by atoms with E-state index in [4.69, 9.17) is 0 Å². The van der Waals surface area contributed by atoms with E-state index in [2.05, 4.69) is 360 Å². The minimum Gasteiger partial charge on any atom is -0.311 e. The number of rotatable bonds is 12. The second kappa shape index (κ2) is 21.9. The molecule has 16 aromatic rings. The van der Waals surface area contributed by atoms with Crippen LogP contribution in [0, 0.1) is 0 Å². The van der Waals surface area contributed by atoms with Crippen LogP contribution in [0.25, 0.3) is 133 Å². The predicted molar refractivity (Wildman–Crippen MR) is 368 cm³/mol. The van der Waals surface area contributed by atoms with Gasteiger partial charge in [-0.25, -0.2) is 0 Å². The lowest BCUT2D eigenvalue weighted by molar-refractivity contribution is 1.18. The van der Waals surface area contributed by atoms with Gasteiger partial charge in [0.1, 0.15) is 0 Å². The molecule has 2 aromatic heterocycles. The first-order valence-electron chi connectivity index (χ1n) is 29.9. The first-order chi connectivity index (χ1) is 43.1. The number of fused-ring (bicyclic) bond motifs is 6. The van der Waals surface area contributed by atoms with Gasteiger partial charge in [0.25, 0.3) is 0 Å². The molecule has 0 aliphatic carbocycles. The number of hydrogen-bond acceptors (Lipinski definition) is 1. The van der Waals surface area contributed by atoms with Crippen molar-refractivity contribution in [1.29, 1.82) is 0 Å². The first-order valence-corrected chi connectivity index (χ1v) is 29.9. The number of benzene rings is 14. The number of hydrogen-bond donors (Lipinski definition) is 0. The Labute approximate surface area is 506 Å². The van der Waals surface area contributed by atoms with E-state index in [1.54, 1.807) is 0 Å². The van der Waals surface area contributed by atoms with Crippen molar-refractivity contribution in [2.45, 2.75) is 0 Å². The number of anilines is 3. The van der Waals surface area contributed by atoms with Crippen LogP contribution < -0.4 is 4.90 Å². The van der Waals surface area contributed by atoms with E-state index in [0.29, 0.717) is 0 Å². The molecule has 0 radical (unpaired) electrons. The lowest BCUT2D eigenvalue weighted by atomic mass is 9.96. The quantitative estimate of drug-likeness (QED) is 0.119. The van der Waals surface area contributed by atoms with Gasteiger partial charge in [-0.3, -0.25) is 0 Å². The molecule has 3 nitrogen and oxygen atoms in total. The van der Waals surface area contributed by atoms with Crippen LogP contribution in [0.15, 0.2) is 346 Å². The van der Waals surface area contributed by atoms with Crippen LogP contribution in [-0.4, -0.2) is 9.13 Å². The third kappa shape index (κ3) is 9.54. The Hall–Kier alpha value is -11.5. The molecular weight excluding hydrogens is 1050 g/mol. The molecule has 0 fully saturated rings. The second-order valence-electron chi connectivity index (χ2n) is 22.5. The van der Waals surface area contributed by atoms with Gasteiger partial charge in [0, 0.05) is 50.0 Å². The second-order valence-corrected chi connectivity index (χ2v) is 22.5. The van der Waals surface area contributed by atoms with Crippen molar-refractivity contribution in [3.8, 4) is 89.3 Å².